The van der Waals surface area contributed by atoms with Gasteiger partial charge in [-0.3, -0.25) is 0 Å². The second-order valence-corrected chi connectivity index (χ2v) is 6.14. The maximum Gasteiger partial charge on any atom is 0.189 e. The predicted octanol–water partition coefficient (Wildman–Crippen LogP) is 3.68. The molecule has 0 unspecified atom stereocenters. The van der Waals surface area contributed by atoms with Gasteiger partial charge in [0, 0.05) is 5.54 Å². The molecule has 116 valence electrons. The normalized spacial score (nSPS) is 12.0. The zero-order valence-electron chi connectivity index (χ0n) is 13.3. The van der Waals surface area contributed by atoms with Crippen molar-refractivity contribution < 1.29 is 4.74 Å². The van der Waals surface area contributed by atoms with Gasteiger partial charge in [0.25, 0.3) is 0 Å². The topological polar surface area (TPSA) is 59.6 Å². The van der Waals surface area contributed by atoms with Gasteiger partial charge in [-0.2, -0.15) is 0 Å². The van der Waals surface area contributed by atoms with Crippen LogP contribution in [0.5, 0.6) is 11.5 Å². The first-order valence-corrected chi connectivity index (χ1v) is 7.32. The standard InChI is InChI=1S/C18H23N3O/c1-18(2,3)21-17(19)20-13-14-8-7-11-16(12-14)22-15-9-5-4-6-10-15/h4-12H,13H2,1-3H3,(H3,19,20,21). The number of nitrogens with zero attached hydrogens (tertiary/aromatic N) is 1. The molecule has 4 nitrogen and oxygen atoms in total. The number of nitrogens with one attached hydrogen (secondary N) is 1. The summed E-state index contributed by atoms with van der Waals surface area (Å²) in [5.74, 6) is 2.06. The Morgan fingerprint density at radius 1 is 1.05 bits per heavy atom. The van der Waals surface area contributed by atoms with Crippen LogP contribution < -0.4 is 15.8 Å². The van der Waals surface area contributed by atoms with Gasteiger partial charge in [0.2, 0.25) is 0 Å². The van der Waals surface area contributed by atoms with Gasteiger partial charge >= 0.3 is 0 Å². The molecule has 0 spiro atoms. The highest BCUT2D eigenvalue weighted by Gasteiger charge is 2.09. The molecule has 0 heterocycles. The van der Waals surface area contributed by atoms with Crippen molar-refractivity contribution >= 4 is 5.96 Å². The minimum atomic E-state index is -0.0914. The quantitative estimate of drug-likeness (QED) is 0.668. The van der Waals surface area contributed by atoms with Gasteiger partial charge < -0.3 is 15.8 Å². The fourth-order valence-electron chi connectivity index (χ4n) is 1.93. The number of aliphatic imine (C=N–C) groups is 1. The summed E-state index contributed by atoms with van der Waals surface area (Å²) in [5.41, 5.74) is 6.83. The Bertz CT molecular complexity index is 630. The number of guanidine groups is 1. The third kappa shape index (κ3) is 5.48. The van der Waals surface area contributed by atoms with Gasteiger partial charge in [-0.1, -0.05) is 30.3 Å². The molecular weight excluding hydrogens is 274 g/mol. The predicted molar refractivity (Wildman–Crippen MR) is 91.2 cm³/mol. The molecule has 22 heavy (non-hydrogen) atoms. The molecule has 3 N–H and O–H groups in total. The van der Waals surface area contributed by atoms with Gasteiger partial charge in [0.05, 0.1) is 6.54 Å². The summed E-state index contributed by atoms with van der Waals surface area (Å²) >= 11 is 0. The lowest BCUT2D eigenvalue weighted by Crippen LogP contribution is -2.44. The highest BCUT2D eigenvalue weighted by atomic mass is 16.5. The molecule has 0 atom stereocenters. The highest BCUT2D eigenvalue weighted by molar-refractivity contribution is 5.78. The van der Waals surface area contributed by atoms with E-state index in [9.17, 15) is 0 Å². The second kappa shape index (κ2) is 6.98. The molecule has 0 saturated carbocycles. The lowest BCUT2D eigenvalue weighted by atomic mass is 10.1. The van der Waals surface area contributed by atoms with Crippen molar-refractivity contribution in [2.75, 3.05) is 0 Å². The van der Waals surface area contributed by atoms with E-state index in [1.54, 1.807) is 0 Å². The molecule has 0 radical (unpaired) electrons. The van der Waals surface area contributed by atoms with Gasteiger partial charge in [0.15, 0.2) is 5.96 Å². The lowest BCUT2D eigenvalue weighted by molar-refractivity contribution is 0.482. The van der Waals surface area contributed by atoms with Gasteiger partial charge in [-0.25, -0.2) is 4.99 Å². The number of ether oxygens (including phenoxy) is 1. The van der Waals surface area contributed by atoms with Crippen LogP contribution in [0.3, 0.4) is 0 Å². The summed E-state index contributed by atoms with van der Waals surface area (Å²) < 4.78 is 5.81. The third-order valence-electron chi connectivity index (χ3n) is 2.81. The van der Waals surface area contributed by atoms with E-state index in [-0.39, 0.29) is 5.54 Å². The molecule has 2 aromatic rings. The van der Waals surface area contributed by atoms with Crippen molar-refractivity contribution in [3.63, 3.8) is 0 Å². The number of nitrogens with two attached hydrogens (primary N) is 1. The van der Waals surface area contributed by atoms with Gasteiger partial charge in [-0.15, -0.1) is 0 Å². The van der Waals surface area contributed by atoms with Crippen molar-refractivity contribution in [3.05, 3.63) is 60.2 Å². The molecule has 0 aliphatic carbocycles. The van der Waals surface area contributed by atoms with E-state index in [0.717, 1.165) is 17.1 Å². The SMILES string of the molecule is CC(C)(C)NC(N)=NCc1cccc(Oc2ccccc2)c1. The van der Waals surface area contributed by atoms with Crippen LogP contribution in [-0.4, -0.2) is 11.5 Å². The lowest BCUT2D eigenvalue weighted by Gasteiger charge is -2.21. The van der Waals surface area contributed by atoms with E-state index in [0.29, 0.717) is 12.5 Å². The molecule has 0 aliphatic heterocycles. The molecule has 0 saturated heterocycles. The fourth-order valence-corrected chi connectivity index (χ4v) is 1.93. The van der Waals surface area contributed by atoms with Crippen molar-refractivity contribution in [2.45, 2.75) is 32.9 Å². The summed E-state index contributed by atoms with van der Waals surface area (Å²) in [6, 6.07) is 17.6. The first-order valence-electron chi connectivity index (χ1n) is 7.32. The molecular formula is C18H23N3O. The van der Waals surface area contributed by atoms with Crippen molar-refractivity contribution in [1.82, 2.24) is 5.32 Å². The Hall–Kier alpha value is -2.49. The average Bonchev–Trinajstić information content (AvgIpc) is 2.45. The van der Waals surface area contributed by atoms with Crippen molar-refractivity contribution in [2.24, 2.45) is 10.7 Å². The average molecular weight is 297 g/mol. The summed E-state index contributed by atoms with van der Waals surface area (Å²) in [4.78, 5) is 4.36. The smallest absolute Gasteiger partial charge is 0.189 e. The van der Waals surface area contributed by atoms with Crippen LogP contribution in [0, 0.1) is 0 Å². The van der Waals surface area contributed by atoms with Crippen LogP contribution in [0.15, 0.2) is 59.6 Å². The summed E-state index contributed by atoms with van der Waals surface area (Å²) in [6.07, 6.45) is 0. The van der Waals surface area contributed by atoms with E-state index in [1.807, 2.05) is 75.4 Å². The zero-order chi connectivity index (χ0) is 16.0. The number of para-hydroxylation sites is 1. The first-order chi connectivity index (χ1) is 10.4. The Morgan fingerprint density at radius 3 is 2.41 bits per heavy atom. The molecule has 2 aromatic carbocycles. The van der Waals surface area contributed by atoms with Crippen LogP contribution in [0.1, 0.15) is 26.3 Å². The molecule has 0 aromatic heterocycles. The zero-order valence-corrected chi connectivity index (χ0v) is 13.3. The van der Waals surface area contributed by atoms with E-state index in [1.165, 1.54) is 0 Å². The molecule has 2 rings (SSSR count). The summed E-state index contributed by atoms with van der Waals surface area (Å²) in [6.45, 7) is 6.65. The molecule has 0 aliphatic rings. The van der Waals surface area contributed by atoms with Gasteiger partial charge in [-0.05, 0) is 50.6 Å². The molecule has 0 bridgehead atoms. The van der Waals surface area contributed by atoms with Crippen LogP contribution in [0.2, 0.25) is 0 Å². The Kier molecular flexibility index (Phi) is 5.04. The second-order valence-electron chi connectivity index (χ2n) is 6.14. The largest absolute Gasteiger partial charge is 0.457 e. The third-order valence-corrected chi connectivity index (χ3v) is 2.81. The number of rotatable bonds is 4. The Labute approximate surface area is 132 Å². The fraction of sp³-hybridized carbons (Fsp3) is 0.278. The molecule has 0 fully saturated rings. The number of hydrogen-bond acceptors (Lipinski definition) is 2. The van der Waals surface area contributed by atoms with Crippen LogP contribution in [-0.2, 0) is 6.54 Å². The number of hydrogen-bond donors (Lipinski definition) is 2. The number of benzene rings is 2. The Morgan fingerprint density at radius 2 is 1.73 bits per heavy atom. The minimum Gasteiger partial charge on any atom is -0.457 e. The van der Waals surface area contributed by atoms with Crippen LogP contribution in [0.25, 0.3) is 0 Å². The maximum atomic E-state index is 5.88. The molecule has 0 amide bonds. The van der Waals surface area contributed by atoms with Crippen molar-refractivity contribution in [1.29, 1.82) is 0 Å². The van der Waals surface area contributed by atoms with Gasteiger partial charge in [0.1, 0.15) is 11.5 Å². The first kappa shape index (κ1) is 15.9. The monoisotopic (exact) mass is 297 g/mol. The minimum absolute atomic E-state index is 0.0914. The van der Waals surface area contributed by atoms with E-state index in [4.69, 9.17) is 10.5 Å². The summed E-state index contributed by atoms with van der Waals surface area (Å²) in [7, 11) is 0. The highest BCUT2D eigenvalue weighted by Crippen LogP contribution is 2.22. The van der Waals surface area contributed by atoms with E-state index < -0.39 is 0 Å². The molecule has 4 heteroatoms. The maximum absolute atomic E-state index is 5.88. The Balaban J connectivity index is 2.01. The van der Waals surface area contributed by atoms with E-state index in [2.05, 4.69) is 10.3 Å². The van der Waals surface area contributed by atoms with Crippen LogP contribution in [0.4, 0.5) is 0 Å². The van der Waals surface area contributed by atoms with Crippen LogP contribution >= 0.6 is 0 Å². The summed E-state index contributed by atoms with van der Waals surface area (Å²) in [5, 5.41) is 3.14. The van der Waals surface area contributed by atoms with Crippen molar-refractivity contribution in [3.8, 4) is 11.5 Å². The van der Waals surface area contributed by atoms with E-state index >= 15 is 0 Å².